The fourth-order valence-corrected chi connectivity index (χ4v) is 1.23. The zero-order valence-electron chi connectivity index (χ0n) is 9.33. The van der Waals surface area contributed by atoms with Crippen LogP contribution in [-0.4, -0.2) is 30.3 Å². The molecule has 0 aromatic rings. The van der Waals surface area contributed by atoms with Crippen LogP contribution in [0.2, 0.25) is 0 Å². The molecule has 1 saturated heterocycles. The lowest BCUT2D eigenvalue weighted by atomic mass is 10.1. The van der Waals surface area contributed by atoms with Gasteiger partial charge in [0.25, 0.3) is 0 Å². The molecule has 0 bridgehead atoms. The summed E-state index contributed by atoms with van der Waals surface area (Å²) in [4.78, 5) is 22.1. The highest BCUT2D eigenvalue weighted by Crippen LogP contribution is 2.10. The first-order valence-electron chi connectivity index (χ1n) is 5.02. The van der Waals surface area contributed by atoms with Gasteiger partial charge in [0, 0.05) is 6.42 Å². The fraction of sp³-hybridized carbons (Fsp3) is 0.800. The van der Waals surface area contributed by atoms with Crippen molar-refractivity contribution in [2.75, 3.05) is 6.61 Å². The summed E-state index contributed by atoms with van der Waals surface area (Å²) in [7, 11) is 0. The topological polar surface area (TPSA) is 64.6 Å². The van der Waals surface area contributed by atoms with Crippen molar-refractivity contribution in [3.05, 3.63) is 0 Å². The standard InChI is InChI=1S/C10H17NO4/c1-10(2,3)15-9(13)11-7-4-5-8(12)14-6-7/h7H,4-6H2,1-3H3,(H,11,13)/t7-/m0/s1. The van der Waals surface area contributed by atoms with Gasteiger partial charge in [-0.2, -0.15) is 0 Å². The first kappa shape index (κ1) is 11.8. The Morgan fingerprint density at radius 3 is 2.67 bits per heavy atom. The van der Waals surface area contributed by atoms with Crippen LogP contribution in [0.1, 0.15) is 33.6 Å². The summed E-state index contributed by atoms with van der Waals surface area (Å²) < 4.78 is 9.89. The van der Waals surface area contributed by atoms with Crippen LogP contribution in [-0.2, 0) is 14.3 Å². The number of hydrogen-bond acceptors (Lipinski definition) is 4. The summed E-state index contributed by atoms with van der Waals surface area (Å²) in [5.41, 5.74) is -0.505. The number of carbonyl (C=O) groups excluding carboxylic acids is 2. The Kier molecular flexibility index (Phi) is 3.55. The Hall–Kier alpha value is -1.26. The van der Waals surface area contributed by atoms with Crippen LogP contribution in [0.25, 0.3) is 0 Å². The van der Waals surface area contributed by atoms with Crippen molar-refractivity contribution in [3.63, 3.8) is 0 Å². The summed E-state index contributed by atoms with van der Waals surface area (Å²) in [6.45, 7) is 5.63. The average Bonchev–Trinajstić information content (AvgIpc) is 2.05. The molecule has 15 heavy (non-hydrogen) atoms. The van der Waals surface area contributed by atoms with E-state index in [9.17, 15) is 9.59 Å². The van der Waals surface area contributed by atoms with Crippen molar-refractivity contribution in [2.45, 2.75) is 45.3 Å². The molecule has 0 aliphatic carbocycles. The minimum absolute atomic E-state index is 0.127. The molecule has 1 N–H and O–H groups in total. The van der Waals surface area contributed by atoms with E-state index in [4.69, 9.17) is 9.47 Å². The number of ether oxygens (including phenoxy) is 2. The quantitative estimate of drug-likeness (QED) is 0.668. The molecule has 1 fully saturated rings. The van der Waals surface area contributed by atoms with E-state index in [1.807, 2.05) is 0 Å². The summed E-state index contributed by atoms with van der Waals surface area (Å²) in [6.07, 6.45) is 0.490. The lowest BCUT2D eigenvalue weighted by molar-refractivity contribution is -0.148. The zero-order valence-corrected chi connectivity index (χ0v) is 9.33. The Labute approximate surface area is 89.1 Å². The van der Waals surface area contributed by atoms with Crippen LogP contribution in [0.4, 0.5) is 4.79 Å². The highest BCUT2D eigenvalue weighted by atomic mass is 16.6. The van der Waals surface area contributed by atoms with Gasteiger partial charge in [0.1, 0.15) is 12.2 Å². The van der Waals surface area contributed by atoms with E-state index < -0.39 is 11.7 Å². The Balaban J connectivity index is 2.29. The van der Waals surface area contributed by atoms with Crippen molar-refractivity contribution >= 4 is 12.1 Å². The molecule has 1 rings (SSSR count). The minimum atomic E-state index is -0.505. The molecule has 5 nitrogen and oxygen atoms in total. The van der Waals surface area contributed by atoms with E-state index in [0.717, 1.165) is 0 Å². The van der Waals surface area contributed by atoms with E-state index in [0.29, 0.717) is 12.8 Å². The molecule has 0 radical (unpaired) electrons. The van der Waals surface area contributed by atoms with Gasteiger partial charge in [0.15, 0.2) is 0 Å². The van der Waals surface area contributed by atoms with Crippen LogP contribution < -0.4 is 5.32 Å². The third kappa shape index (κ3) is 4.67. The molecule has 0 aromatic carbocycles. The molecule has 5 heteroatoms. The van der Waals surface area contributed by atoms with Gasteiger partial charge in [-0.25, -0.2) is 4.79 Å². The van der Waals surface area contributed by atoms with Crippen LogP contribution in [0.15, 0.2) is 0 Å². The summed E-state index contributed by atoms with van der Waals surface area (Å²) in [6, 6.07) is -0.127. The predicted molar refractivity (Wildman–Crippen MR) is 53.4 cm³/mol. The number of hydrogen-bond donors (Lipinski definition) is 1. The van der Waals surface area contributed by atoms with Crippen molar-refractivity contribution in [2.24, 2.45) is 0 Å². The molecular formula is C10H17NO4. The number of esters is 1. The first-order chi connectivity index (χ1) is 6.87. The summed E-state index contributed by atoms with van der Waals surface area (Å²) >= 11 is 0. The SMILES string of the molecule is CC(C)(C)OC(=O)N[C@H]1CCC(=O)OC1. The number of carbonyl (C=O) groups is 2. The van der Waals surface area contributed by atoms with E-state index in [-0.39, 0.29) is 18.6 Å². The van der Waals surface area contributed by atoms with Crippen molar-refractivity contribution in [3.8, 4) is 0 Å². The molecule has 0 saturated carbocycles. The van der Waals surface area contributed by atoms with Crippen molar-refractivity contribution in [1.29, 1.82) is 0 Å². The summed E-state index contributed by atoms with van der Waals surface area (Å²) in [5, 5.41) is 2.66. The largest absolute Gasteiger partial charge is 0.463 e. The van der Waals surface area contributed by atoms with Gasteiger partial charge < -0.3 is 14.8 Å². The number of alkyl carbamates (subject to hydrolysis) is 1. The van der Waals surface area contributed by atoms with E-state index in [1.54, 1.807) is 20.8 Å². The minimum Gasteiger partial charge on any atom is -0.463 e. The first-order valence-corrected chi connectivity index (χ1v) is 5.02. The summed E-state index contributed by atoms with van der Waals surface area (Å²) in [5.74, 6) is -0.211. The van der Waals surface area contributed by atoms with Gasteiger partial charge in [-0.3, -0.25) is 4.79 Å². The van der Waals surface area contributed by atoms with Gasteiger partial charge in [0.05, 0.1) is 6.04 Å². The smallest absolute Gasteiger partial charge is 0.407 e. The van der Waals surface area contributed by atoms with Crippen LogP contribution in [0, 0.1) is 0 Å². The zero-order chi connectivity index (χ0) is 11.5. The van der Waals surface area contributed by atoms with E-state index in [1.165, 1.54) is 0 Å². The highest BCUT2D eigenvalue weighted by Gasteiger charge is 2.23. The van der Waals surface area contributed by atoms with Crippen LogP contribution >= 0.6 is 0 Å². The Morgan fingerprint density at radius 1 is 1.53 bits per heavy atom. The maximum absolute atomic E-state index is 11.3. The molecule has 1 aliphatic heterocycles. The number of amides is 1. The normalized spacial score (nSPS) is 21.8. The monoisotopic (exact) mass is 215 g/mol. The fourth-order valence-electron chi connectivity index (χ4n) is 1.23. The van der Waals surface area contributed by atoms with Gasteiger partial charge in [-0.15, -0.1) is 0 Å². The molecular weight excluding hydrogens is 198 g/mol. The van der Waals surface area contributed by atoms with Gasteiger partial charge >= 0.3 is 12.1 Å². The van der Waals surface area contributed by atoms with Gasteiger partial charge in [-0.1, -0.05) is 0 Å². The second kappa shape index (κ2) is 4.51. The lowest BCUT2D eigenvalue weighted by Gasteiger charge is -2.25. The molecule has 1 amide bonds. The van der Waals surface area contributed by atoms with Crippen LogP contribution in [0.5, 0.6) is 0 Å². The molecule has 1 atom stereocenters. The van der Waals surface area contributed by atoms with E-state index in [2.05, 4.69) is 5.32 Å². The Bertz CT molecular complexity index is 247. The molecule has 0 aromatic heterocycles. The van der Waals surface area contributed by atoms with Gasteiger partial charge in [0.2, 0.25) is 0 Å². The maximum atomic E-state index is 11.3. The highest BCUT2D eigenvalue weighted by molar-refractivity contribution is 5.71. The molecule has 0 unspecified atom stereocenters. The number of cyclic esters (lactones) is 1. The third-order valence-electron chi connectivity index (χ3n) is 1.86. The molecule has 1 aliphatic rings. The maximum Gasteiger partial charge on any atom is 0.407 e. The Morgan fingerprint density at radius 2 is 2.20 bits per heavy atom. The molecule has 1 heterocycles. The molecule has 0 spiro atoms. The average molecular weight is 215 g/mol. The molecule has 86 valence electrons. The van der Waals surface area contributed by atoms with Crippen molar-refractivity contribution < 1.29 is 19.1 Å². The number of rotatable bonds is 1. The third-order valence-corrected chi connectivity index (χ3v) is 1.86. The van der Waals surface area contributed by atoms with Crippen molar-refractivity contribution in [1.82, 2.24) is 5.32 Å². The predicted octanol–water partition coefficient (Wildman–Crippen LogP) is 1.22. The number of nitrogens with one attached hydrogen (secondary N) is 1. The second-order valence-corrected chi connectivity index (χ2v) is 4.56. The van der Waals surface area contributed by atoms with E-state index >= 15 is 0 Å². The van der Waals surface area contributed by atoms with Gasteiger partial charge in [-0.05, 0) is 27.2 Å². The second-order valence-electron chi connectivity index (χ2n) is 4.56. The van der Waals surface area contributed by atoms with Crippen LogP contribution in [0.3, 0.4) is 0 Å². The lowest BCUT2D eigenvalue weighted by Crippen LogP contribution is -2.44.